The van der Waals surface area contributed by atoms with E-state index in [1.807, 2.05) is 12.1 Å². The molecule has 7 nitrogen and oxygen atoms in total. The number of anilines is 1. The Bertz CT molecular complexity index is 916. The first-order valence-electron chi connectivity index (χ1n) is 8.45. The van der Waals surface area contributed by atoms with Gasteiger partial charge in [-0.2, -0.15) is 0 Å². The number of nitrogens with zero attached hydrogens (tertiary/aromatic N) is 1. The van der Waals surface area contributed by atoms with Gasteiger partial charge in [-0.3, -0.25) is 9.10 Å². The van der Waals surface area contributed by atoms with Crippen LogP contribution in [0.25, 0.3) is 0 Å². The average molecular weight is 427 g/mol. The van der Waals surface area contributed by atoms with E-state index in [1.54, 1.807) is 30.3 Å². The quantitative estimate of drug-likeness (QED) is 0.665. The van der Waals surface area contributed by atoms with Crippen LogP contribution in [0.3, 0.4) is 0 Å². The molecule has 0 fully saturated rings. The maximum absolute atomic E-state index is 12.3. The summed E-state index contributed by atoms with van der Waals surface area (Å²) in [5.74, 6) is 0.387. The van der Waals surface area contributed by atoms with Crippen LogP contribution in [-0.4, -0.2) is 47.9 Å². The van der Waals surface area contributed by atoms with Gasteiger partial charge in [-0.15, -0.1) is 0 Å². The van der Waals surface area contributed by atoms with E-state index in [0.29, 0.717) is 29.5 Å². The number of rotatable bonds is 9. The summed E-state index contributed by atoms with van der Waals surface area (Å²) in [6.07, 6.45) is 1.64. The molecule has 2 rings (SSSR count). The molecule has 0 aliphatic carbocycles. The van der Waals surface area contributed by atoms with Gasteiger partial charge in [-0.25, -0.2) is 8.42 Å². The van der Waals surface area contributed by atoms with E-state index in [-0.39, 0.29) is 12.2 Å². The second-order valence-electron chi connectivity index (χ2n) is 6.03. The Hall–Kier alpha value is -2.45. The summed E-state index contributed by atoms with van der Waals surface area (Å²) >= 11 is 5.85. The van der Waals surface area contributed by atoms with Crippen molar-refractivity contribution in [2.75, 3.05) is 37.9 Å². The van der Waals surface area contributed by atoms with E-state index >= 15 is 0 Å². The first kappa shape index (κ1) is 21.8. The molecule has 0 bridgehead atoms. The summed E-state index contributed by atoms with van der Waals surface area (Å²) in [4.78, 5) is 12.3. The van der Waals surface area contributed by atoms with E-state index in [9.17, 15) is 13.2 Å². The van der Waals surface area contributed by atoms with Gasteiger partial charge in [-0.1, -0.05) is 23.7 Å². The van der Waals surface area contributed by atoms with Gasteiger partial charge in [0.25, 0.3) is 0 Å². The lowest BCUT2D eigenvalue weighted by Crippen LogP contribution is -2.41. The normalized spacial score (nSPS) is 11.0. The number of hydrogen-bond donors (Lipinski definition) is 1. The maximum atomic E-state index is 12.3. The highest BCUT2D eigenvalue weighted by Gasteiger charge is 2.24. The van der Waals surface area contributed by atoms with Crippen LogP contribution < -0.4 is 19.1 Å². The topological polar surface area (TPSA) is 84.9 Å². The van der Waals surface area contributed by atoms with Gasteiger partial charge < -0.3 is 14.8 Å². The minimum Gasteiger partial charge on any atom is -0.497 e. The second kappa shape index (κ2) is 9.66. The molecule has 152 valence electrons. The lowest BCUT2D eigenvalue weighted by molar-refractivity contribution is -0.119. The third-order valence-electron chi connectivity index (χ3n) is 3.99. The zero-order chi connectivity index (χ0) is 20.7. The lowest BCUT2D eigenvalue weighted by Gasteiger charge is -2.24. The van der Waals surface area contributed by atoms with Crippen molar-refractivity contribution in [2.24, 2.45) is 0 Å². The number of hydrogen-bond acceptors (Lipinski definition) is 5. The number of amides is 1. The standard InChI is InChI=1S/C19H23ClN2O5S/c1-26-16-8-9-17(18(12-16)27-2)22(28(3,24)25)13-19(23)21-11-10-14-4-6-15(20)7-5-14/h4-9,12H,10-11,13H2,1-3H3,(H,21,23). The summed E-state index contributed by atoms with van der Waals surface area (Å²) in [5.41, 5.74) is 1.28. The van der Waals surface area contributed by atoms with Gasteiger partial charge in [0.05, 0.1) is 26.2 Å². The number of nitrogens with one attached hydrogen (secondary N) is 1. The van der Waals surface area contributed by atoms with Gasteiger partial charge in [-0.05, 0) is 36.2 Å². The van der Waals surface area contributed by atoms with Crippen LogP contribution in [0.4, 0.5) is 5.69 Å². The molecule has 2 aromatic rings. The third-order valence-corrected chi connectivity index (χ3v) is 5.37. The molecule has 0 saturated carbocycles. The molecule has 2 aromatic carbocycles. The summed E-state index contributed by atoms with van der Waals surface area (Å²) < 4.78 is 35.9. The molecule has 0 radical (unpaired) electrons. The minimum absolute atomic E-state index is 0.263. The van der Waals surface area contributed by atoms with Crippen molar-refractivity contribution in [1.82, 2.24) is 5.32 Å². The molecule has 0 unspecified atom stereocenters. The highest BCUT2D eigenvalue weighted by atomic mass is 35.5. The predicted octanol–water partition coefficient (Wildman–Crippen LogP) is 2.48. The van der Waals surface area contributed by atoms with Gasteiger partial charge >= 0.3 is 0 Å². The second-order valence-corrected chi connectivity index (χ2v) is 8.38. The van der Waals surface area contributed by atoms with Gasteiger partial charge in [0, 0.05) is 17.6 Å². The van der Waals surface area contributed by atoms with E-state index in [0.717, 1.165) is 16.1 Å². The van der Waals surface area contributed by atoms with Gasteiger partial charge in [0.1, 0.15) is 18.0 Å². The van der Waals surface area contributed by atoms with Crippen molar-refractivity contribution in [3.8, 4) is 11.5 Å². The first-order chi connectivity index (χ1) is 13.2. The summed E-state index contributed by atoms with van der Waals surface area (Å²) in [5, 5.41) is 3.38. The van der Waals surface area contributed by atoms with Crippen LogP contribution in [0.2, 0.25) is 5.02 Å². The van der Waals surface area contributed by atoms with Crippen LogP contribution in [0, 0.1) is 0 Å². The summed E-state index contributed by atoms with van der Waals surface area (Å²) in [6.45, 7) is 0.0138. The number of benzene rings is 2. The molecule has 0 aromatic heterocycles. The molecular formula is C19H23ClN2O5S. The zero-order valence-electron chi connectivity index (χ0n) is 15.9. The fraction of sp³-hybridized carbons (Fsp3) is 0.316. The number of methoxy groups -OCH3 is 2. The van der Waals surface area contributed by atoms with Gasteiger partial charge in [0.2, 0.25) is 15.9 Å². The molecular weight excluding hydrogens is 404 g/mol. The number of carbonyl (C=O) groups is 1. The van der Waals surface area contributed by atoms with Crippen molar-refractivity contribution in [3.63, 3.8) is 0 Å². The average Bonchev–Trinajstić information content (AvgIpc) is 2.66. The summed E-state index contributed by atoms with van der Waals surface area (Å²) in [7, 11) is -0.792. The Morgan fingerprint density at radius 2 is 1.79 bits per heavy atom. The zero-order valence-corrected chi connectivity index (χ0v) is 17.5. The van der Waals surface area contributed by atoms with Crippen LogP contribution in [0.15, 0.2) is 42.5 Å². The SMILES string of the molecule is COc1ccc(N(CC(=O)NCCc2ccc(Cl)cc2)S(C)(=O)=O)c(OC)c1. The highest BCUT2D eigenvalue weighted by molar-refractivity contribution is 7.92. The smallest absolute Gasteiger partial charge is 0.240 e. The monoisotopic (exact) mass is 426 g/mol. The van der Waals surface area contributed by atoms with E-state index < -0.39 is 15.9 Å². The highest BCUT2D eigenvalue weighted by Crippen LogP contribution is 2.33. The third kappa shape index (κ3) is 6.03. The minimum atomic E-state index is -3.71. The van der Waals surface area contributed by atoms with Crippen molar-refractivity contribution in [2.45, 2.75) is 6.42 Å². The fourth-order valence-corrected chi connectivity index (χ4v) is 3.54. The molecule has 0 atom stereocenters. The molecule has 9 heteroatoms. The molecule has 0 heterocycles. The predicted molar refractivity (Wildman–Crippen MR) is 110 cm³/mol. The number of halogens is 1. The largest absolute Gasteiger partial charge is 0.497 e. The number of ether oxygens (including phenoxy) is 2. The van der Waals surface area contributed by atoms with Crippen molar-refractivity contribution in [1.29, 1.82) is 0 Å². The molecule has 1 N–H and O–H groups in total. The molecule has 0 spiro atoms. The number of carbonyl (C=O) groups excluding carboxylic acids is 1. The Morgan fingerprint density at radius 3 is 2.36 bits per heavy atom. The van der Waals surface area contributed by atoms with E-state index in [4.69, 9.17) is 21.1 Å². The Kier molecular flexibility index (Phi) is 7.53. The Morgan fingerprint density at radius 1 is 1.11 bits per heavy atom. The lowest BCUT2D eigenvalue weighted by atomic mass is 10.1. The van der Waals surface area contributed by atoms with Crippen LogP contribution >= 0.6 is 11.6 Å². The summed E-state index contributed by atoms with van der Waals surface area (Å²) in [6, 6.07) is 12.0. The maximum Gasteiger partial charge on any atom is 0.240 e. The fourth-order valence-electron chi connectivity index (χ4n) is 2.56. The number of sulfonamides is 1. The van der Waals surface area contributed by atoms with Crippen LogP contribution in [-0.2, 0) is 21.2 Å². The Labute approximate surface area is 170 Å². The Balaban J connectivity index is 2.08. The molecule has 1 amide bonds. The first-order valence-corrected chi connectivity index (χ1v) is 10.7. The molecule has 0 aliphatic rings. The van der Waals surface area contributed by atoms with Crippen molar-refractivity contribution in [3.05, 3.63) is 53.1 Å². The van der Waals surface area contributed by atoms with Crippen LogP contribution in [0.5, 0.6) is 11.5 Å². The molecule has 28 heavy (non-hydrogen) atoms. The van der Waals surface area contributed by atoms with E-state index in [1.165, 1.54) is 14.2 Å². The molecule has 0 aliphatic heterocycles. The van der Waals surface area contributed by atoms with Crippen molar-refractivity contribution >= 4 is 33.2 Å². The molecule has 0 saturated heterocycles. The van der Waals surface area contributed by atoms with E-state index in [2.05, 4.69) is 5.32 Å². The van der Waals surface area contributed by atoms with Gasteiger partial charge in [0.15, 0.2) is 0 Å². The van der Waals surface area contributed by atoms with Crippen molar-refractivity contribution < 1.29 is 22.7 Å². The van der Waals surface area contributed by atoms with Crippen LogP contribution in [0.1, 0.15) is 5.56 Å².